The van der Waals surface area contributed by atoms with Crippen molar-refractivity contribution >= 4 is 22.9 Å². The predicted molar refractivity (Wildman–Crippen MR) is 105 cm³/mol. The molecule has 1 aliphatic rings. The van der Waals surface area contributed by atoms with Crippen molar-refractivity contribution in [1.82, 2.24) is 9.88 Å². The molecule has 0 bridgehead atoms. The number of likely N-dealkylation sites (tertiary alicyclic amines) is 1. The lowest BCUT2D eigenvalue weighted by molar-refractivity contribution is -0.121. The number of carbonyl (C=O) groups is 1. The van der Waals surface area contributed by atoms with E-state index in [1.165, 1.54) is 5.57 Å². The molecule has 132 valence electrons. The molecule has 2 heterocycles. The van der Waals surface area contributed by atoms with Crippen LogP contribution < -0.4 is 5.32 Å². The summed E-state index contributed by atoms with van der Waals surface area (Å²) in [6, 6.07) is 7.93. The van der Waals surface area contributed by atoms with Gasteiger partial charge in [-0.2, -0.15) is 0 Å². The van der Waals surface area contributed by atoms with Crippen LogP contribution in [0.4, 0.5) is 5.69 Å². The second-order valence-corrected chi connectivity index (χ2v) is 7.37. The number of piperidine rings is 1. The van der Waals surface area contributed by atoms with Crippen LogP contribution in [0.1, 0.15) is 26.7 Å². The largest absolute Gasteiger partial charge is 0.326 e. The molecule has 0 spiro atoms. The predicted octanol–water partition coefficient (Wildman–Crippen LogP) is 4.43. The maximum atomic E-state index is 12.6. The van der Waals surface area contributed by atoms with Gasteiger partial charge >= 0.3 is 0 Å². The van der Waals surface area contributed by atoms with Crippen molar-refractivity contribution in [3.05, 3.63) is 46.8 Å². The molecule has 1 aliphatic heterocycles. The van der Waals surface area contributed by atoms with E-state index in [2.05, 4.69) is 35.1 Å². The molecule has 2 aromatic rings. The second-order valence-electron chi connectivity index (χ2n) is 6.65. The van der Waals surface area contributed by atoms with E-state index in [9.17, 15) is 4.79 Å². The molecule has 1 N–H and O–H groups in total. The smallest absolute Gasteiger partial charge is 0.228 e. The molecule has 0 saturated carbocycles. The minimum Gasteiger partial charge on any atom is -0.326 e. The van der Waals surface area contributed by atoms with Crippen molar-refractivity contribution in [2.45, 2.75) is 26.7 Å². The molecule has 0 unspecified atom stereocenters. The lowest BCUT2D eigenvalue weighted by Crippen LogP contribution is -2.41. The zero-order chi connectivity index (χ0) is 17.6. The van der Waals surface area contributed by atoms with Crippen molar-refractivity contribution in [3.63, 3.8) is 0 Å². The summed E-state index contributed by atoms with van der Waals surface area (Å²) in [4.78, 5) is 19.3. The number of allylic oxidation sites excluding steroid dienone is 1. The Morgan fingerprint density at radius 1 is 1.40 bits per heavy atom. The van der Waals surface area contributed by atoms with Crippen LogP contribution in [-0.2, 0) is 4.79 Å². The summed E-state index contributed by atoms with van der Waals surface area (Å²) in [7, 11) is 0. The maximum Gasteiger partial charge on any atom is 0.228 e. The summed E-state index contributed by atoms with van der Waals surface area (Å²) < 4.78 is 0. The van der Waals surface area contributed by atoms with Gasteiger partial charge in [0.15, 0.2) is 0 Å². The molecule has 1 aromatic carbocycles. The standard InChI is InChI=1S/C20H25N3OS/c1-3-15(2)11-23-10-4-5-17(12-23)20(24)22-18-8-6-16(7-9-18)19-13-25-14-21-19/h3,6-9,13-14,17H,4-5,10-12H2,1-2H3,(H,22,24)/b15-3+/t17-/m0/s1. The van der Waals surface area contributed by atoms with Crippen LogP contribution >= 0.6 is 11.3 Å². The highest BCUT2D eigenvalue weighted by atomic mass is 32.1. The molecule has 1 aromatic heterocycles. The number of nitrogens with one attached hydrogen (secondary N) is 1. The van der Waals surface area contributed by atoms with Gasteiger partial charge in [0.05, 0.1) is 17.1 Å². The number of benzene rings is 1. The van der Waals surface area contributed by atoms with Gasteiger partial charge in [0, 0.05) is 29.7 Å². The average molecular weight is 356 g/mol. The first-order valence-corrected chi connectivity index (χ1v) is 9.73. The first-order chi connectivity index (χ1) is 12.2. The summed E-state index contributed by atoms with van der Waals surface area (Å²) in [5.74, 6) is 0.195. The van der Waals surface area contributed by atoms with E-state index in [0.29, 0.717) is 0 Å². The summed E-state index contributed by atoms with van der Waals surface area (Å²) in [6.07, 6.45) is 4.19. The fraction of sp³-hybridized carbons (Fsp3) is 0.400. The third kappa shape index (κ3) is 4.77. The molecule has 1 saturated heterocycles. The Hall–Kier alpha value is -1.98. The van der Waals surface area contributed by atoms with Gasteiger partial charge in [-0.1, -0.05) is 23.8 Å². The van der Waals surface area contributed by atoms with E-state index in [0.717, 1.165) is 49.4 Å². The van der Waals surface area contributed by atoms with Gasteiger partial charge in [-0.25, -0.2) is 4.98 Å². The topological polar surface area (TPSA) is 45.2 Å². The van der Waals surface area contributed by atoms with Gasteiger partial charge in [0.25, 0.3) is 0 Å². The third-order valence-corrected chi connectivity index (χ3v) is 5.31. The number of rotatable bonds is 5. The van der Waals surface area contributed by atoms with Crippen molar-refractivity contribution < 1.29 is 4.79 Å². The minimum absolute atomic E-state index is 0.0663. The van der Waals surface area contributed by atoms with Crippen LogP contribution in [0, 0.1) is 5.92 Å². The van der Waals surface area contributed by atoms with E-state index in [1.807, 2.05) is 35.2 Å². The van der Waals surface area contributed by atoms with Gasteiger partial charge in [0.2, 0.25) is 5.91 Å². The Labute approximate surface area is 153 Å². The Morgan fingerprint density at radius 2 is 2.20 bits per heavy atom. The van der Waals surface area contributed by atoms with Gasteiger partial charge < -0.3 is 5.32 Å². The molecule has 25 heavy (non-hydrogen) atoms. The molecule has 0 aliphatic carbocycles. The van der Waals surface area contributed by atoms with Gasteiger partial charge in [-0.05, 0) is 45.4 Å². The van der Waals surface area contributed by atoms with Crippen LogP contribution in [-0.4, -0.2) is 35.4 Å². The molecule has 5 heteroatoms. The number of anilines is 1. The van der Waals surface area contributed by atoms with Gasteiger partial charge in [0.1, 0.15) is 0 Å². The minimum atomic E-state index is 0.0663. The Bertz CT molecular complexity index is 722. The number of amides is 1. The van der Waals surface area contributed by atoms with Gasteiger partial charge in [-0.15, -0.1) is 11.3 Å². The van der Waals surface area contributed by atoms with Crippen LogP contribution in [0.2, 0.25) is 0 Å². The Morgan fingerprint density at radius 3 is 2.88 bits per heavy atom. The van der Waals surface area contributed by atoms with Crippen LogP contribution in [0.15, 0.2) is 46.8 Å². The van der Waals surface area contributed by atoms with E-state index in [4.69, 9.17) is 0 Å². The number of thiazole rings is 1. The first kappa shape index (κ1) is 17.8. The fourth-order valence-electron chi connectivity index (χ4n) is 3.18. The molecule has 3 rings (SSSR count). The van der Waals surface area contributed by atoms with Gasteiger partial charge in [-0.3, -0.25) is 9.69 Å². The molecular weight excluding hydrogens is 330 g/mol. The van der Waals surface area contributed by atoms with Crippen molar-refractivity contribution in [3.8, 4) is 11.3 Å². The van der Waals surface area contributed by atoms with Crippen molar-refractivity contribution in [2.75, 3.05) is 25.0 Å². The maximum absolute atomic E-state index is 12.6. The SMILES string of the molecule is C/C=C(\C)CN1CCC[C@H](C(=O)Nc2ccc(-c3cscn3)cc2)C1. The van der Waals surface area contributed by atoms with Crippen molar-refractivity contribution in [2.24, 2.45) is 5.92 Å². The number of nitrogens with zero attached hydrogens (tertiary/aromatic N) is 2. The highest BCUT2D eigenvalue weighted by Crippen LogP contribution is 2.23. The van der Waals surface area contributed by atoms with E-state index in [-0.39, 0.29) is 11.8 Å². The quantitative estimate of drug-likeness (QED) is 0.807. The van der Waals surface area contributed by atoms with E-state index in [1.54, 1.807) is 11.3 Å². The zero-order valence-corrected chi connectivity index (χ0v) is 15.7. The highest BCUT2D eigenvalue weighted by Gasteiger charge is 2.25. The van der Waals surface area contributed by atoms with Crippen molar-refractivity contribution in [1.29, 1.82) is 0 Å². The van der Waals surface area contributed by atoms with E-state index >= 15 is 0 Å². The molecule has 1 fully saturated rings. The van der Waals surface area contributed by atoms with Crippen LogP contribution in [0.25, 0.3) is 11.3 Å². The summed E-state index contributed by atoms with van der Waals surface area (Å²) in [5.41, 5.74) is 6.09. The Kier molecular flexibility index (Phi) is 6.00. The number of hydrogen-bond acceptors (Lipinski definition) is 4. The molecule has 0 radical (unpaired) electrons. The van der Waals surface area contributed by atoms with Crippen LogP contribution in [0.5, 0.6) is 0 Å². The number of carbonyl (C=O) groups excluding carboxylic acids is 1. The summed E-state index contributed by atoms with van der Waals surface area (Å²) >= 11 is 1.58. The first-order valence-electron chi connectivity index (χ1n) is 8.79. The average Bonchev–Trinajstić information content (AvgIpc) is 3.17. The lowest BCUT2D eigenvalue weighted by Gasteiger charge is -2.32. The molecule has 1 atom stereocenters. The normalized spacial score (nSPS) is 19.0. The lowest BCUT2D eigenvalue weighted by atomic mass is 9.96. The van der Waals surface area contributed by atoms with Crippen LogP contribution in [0.3, 0.4) is 0 Å². The number of aromatic nitrogens is 1. The highest BCUT2D eigenvalue weighted by molar-refractivity contribution is 7.07. The zero-order valence-electron chi connectivity index (χ0n) is 14.9. The second kappa shape index (κ2) is 8.41. The molecule has 4 nitrogen and oxygen atoms in total. The monoisotopic (exact) mass is 355 g/mol. The summed E-state index contributed by atoms with van der Waals surface area (Å²) in [5, 5.41) is 5.10. The molecular formula is C20H25N3OS. The number of hydrogen-bond donors (Lipinski definition) is 1. The fourth-order valence-corrected chi connectivity index (χ4v) is 3.74. The third-order valence-electron chi connectivity index (χ3n) is 4.72. The molecule has 1 amide bonds. The summed E-state index contributed by atoms with van der Waals surface area (Å²) in [6.45, 7) is 7.10. The van der Waals surface area contributed by atoms with E-state index < -0.39 is 0 Å². The Balaban J connectivity index is 1.58.